The lowest BCUT2D eigenvalue weighted by atomic mass is 10.1. The summed E-state index contributed by atoms with van der Waals surface area (Å²) in [5.41, 5.74) is 2.94. The number of ether oxygens (including phenoxy) is 2. The molecule has 0 bridgehead atoms. The number of rotatable bonds is 7. The van der Waals surface area contributed by atoms with E-state index in [4.69, 9.17) is 21.1 Å². The van der Waals surface area contributed by atoms with E-state index in [2.05, 4.69) is 12.2 Å². The van der Waals surface area contributed by atoms with Crippen molar-refractivity contribution in [2.24, 2.45) is 0 Å². The number of carbonyl (C=O) groups is 1. The van der Waals surface area contributed by atoms with Gasteiger partial charge in [-0.15, -0.1) is 0 Å². The normalized spacial score (nSPS) is 10.5. The molecule has 0 aromatic heterocycles. The van der Waals surface area contributed by atoms with Gasteiger partial charge in [0.1, 0.15) is 5.75 Å². The molecule has 0 aliphatic heterocycles. The first-order chi connectivity index (χ1) is 11.6. The molecule has 0 aliphatic carbocycles. The van der Waals surface area contributed by atoms with Crippen LogP contribution in [0.4, 0.5) is 5.69 Å². The highest BCUT2D eigenvalue weighted by Crippen LogP contribution is 2.25. The molecule has 0 atom stereocenters. The lowest BCUT2D eigenvalue weighted by Gasteiger charge is -2.13. The van der Waals surface area contributed by atoms with Crippen LogP contribution < -0.4 is 10.1 Å². The third-order valence-electron chi connectivity index (χ3n) is 3.66. The van der Waals surface area contributed by atoms with Crippen LogP contribution in [-0.2, 0) is 11.3 Å². The molecule has 2 aromatic rings. The predicted molar refractivity (Wildman–Crippen MR) is 97.1 cm³/mol. The molecule has 0 unspecified atom stereocenters. The monoisotopic (exact) mass is 347 g/mol. The minimum Gasteiger partial charge on any atom is -0.496 e. The van der Waals surface area contributed by atoms with Crippen LogP contribution in [0.5, 0.6) is 5.75 Å². The van der Waals surface area contributed by atoms with Gasteiger partial charge in [0.25, 0.3) is 5.91 Å². The fourth-order valence-corrected chi connectivity index (χ4v) is 2.47. The molecule has 0 radical (unpaired) electrons. The van der Waals surface area contributed by atoms with Gasteiger partial charge in [-0.2, -0.15) is 0 Å². The molecule has 0 saturated heterocycles. The number of benzene rings is 2. The van der Waals surface area contributed by atoms with Gasteiger partial charge in [-0.3, -0.25) is 4.79 Å². The quantitative estimate of drug-likeness (QED) is 0.729. The summed E-state index contributed by atoms with van der Waals surface area (Å²) in [6.07, 6.45) is 0.941. The first kappa shape index (κ1) is 18.3. The zero-order valence-electron chi connectivity index (χ0n) is 14.2. The number of methoxy groups -OCH3 is 1. The third kappa shape index (κ3) is 4.49. The number of carbonyl (C=O) groups excluding carboxylic acids is 1. The number of anilines is 1. The standard InChI is InChI=1S/C19H22ClNO3/c1-4-10-24-12-15-11-14(8-9-18(15)23-3)19(22)21-17-7-5-6-16(20)13(17)2/h5-9,11H,4,10,12H2,1-3H3,(H,21,22). The van der Waals surface area contributed by atoms with Gasteiger partial charge < -0.3 is 14.8 Å². The highest BCUT2D eigenvalue weighted by Gasteiger charge is 2.12. The second kappa shape index (κ2) is 8.71. The third-order valence-corrected chi connectivity index (χ3v) is 4.07. The number of nitrogens with one attached hydrogen (secondary N) is 1. The number of hydrogen-bond donors (Lipinski definition) is 1. The Balaban J connectivity index is 2.19. The number of hydrogen-bond acceptors (Lipinski definition) is 3. The highest BCUT2D eigenvalue weighted by molar-refractivity contribution is 6.31. The number of amides is 1. The maximum absolute atomic E-state index is 12.5. The summed E-state index contributed by atoms with van der Waals surface area (Å²) in [7, 11) is 1.60. The molecule has 1 N–H and O–H groups in total. The van der Waals surface area contributed by atoms with Crippen molar-refractivity contribution < 1.29 is 14.3 Å². The molecule has 2 aromatic carbocycles. The van der Waals surface area contributed by atoms with Crippen LogP contribution in [0.3, 0.4) is 0 Å². The van der Waals surface area contributed by atoms with Crippen molar-refractivity contribution in [3.63, 3.8) is 0 Å². The van der Waals surface area contributed by atoms with Crippen LogP contribution in [0.25, 0.3) is 0 Å². The number of halogens is 1. The Morgan fingerprint density at radius 3 is 2.75 bits per heavy atom. The first-order valence-electron chi connectivity index (χ1n) is 7.88. The van der Waals surface area contributed by atoms with Gasteiger partial charge in [0.05, 0.1) is 13.7 Å². The SMILES string of the molecule is CCCOCc1cc(C(=O)Nc2cccc(Cl)c2C)ccc1OC. The van der Waals surface area contributed by atoms with E-state index in [0.717, 1.165) is 17.5 Å². The molecule has 0 heterocycles. The molecule has 0 aliphatic rings. The zero-order valence-corrected chi connectivity index (χ0v) is 14.9. The van der Waals surface area contributed by atoms with Crippen LogP contribution >= 0.6 is 11.6 Å². The smallest absolute Gasteiger partial charge is 0.255 e. The van der Waals surface area contributed by atoms with Gasteiger partial charge in [-0.25, -0.2) is 0 Å². The highest BCUT2D eigenvalue weighted by atomic mass is 35.5. The molecule has 1 amide bonds. The summed E-state index contributed by atoms with van der Waals surface area (Å²) in [5, 5.41) is 3.52. The fourth-order valence-electron chi connectivity index (χ4n) is 2.30. The van der Waals surface area contributed by atoms with Crippen molar-refractivity contribution in [2.45, 2.75) is 26.9 Å². The van der Waals surface area contributed by atoms with Gasteiger partial charge in [0.2, 0.25) is 0 Å². The summed E-state index contributed by atoms with van der Waals surface area (Å²) in [6.45, 7) is 5.00. The summed E-state index contributed by atoms with van der Waals surface area (Å²) >= 11 is 6.09. The largest absolute Gasteiger partial charge is 0.496 e. The van der Waals surface area contributed by atoms with Gasteiger partial charge in [-0.1, -0.05) is 24.6 Å². The first-order valence-corrected chi connectivity index (χ1v) is 8.25. The minimum absolute atomic E-state index is 0.195. The molecule has 0 fully saturated rings. The lowest BCUT2D eigenvalue weighted by Crippen LogP contribution is -2.13. The van der Waals surface area contributed by atoms with E-state index in [9.17, 15) is 4.79 Å². The Morgan fingerprint density at radius 2 is 2.04 bits per heavy atom. The van der Waals surface area contributed by atoms with Crippen molar-refractivity contribution in [3.8, 4) is 5.75 Å². The van der Waals surface area contributed by atoms with Crippen LogP contribution in [0.1, 0.15) is 34.8 Å². The van der Waals surface area contributed by atoms with E-state index >= 15 is 0 Å². The van der Waals surface area contributed by atoms with Crippen molar-refractivity contribution in [1.82, 2.24) is 0 Å². The van der Waals surface area contributed by atoms with Crippen molar-refractivity contribution in [2.75, 3.05) is 19.0 Å². The molecular weight excluding hydrogens is 326 g/mol. The Labute approximate surface area is 147 Å². The Bertz CT molecular complexity index is 716. The lowest BCUT2D eigenvalue weighted by molar-refractivity contribution is 0.102. The van der Waals surface area contributed by atoms with E-state index in [0.29, 0.717) is 35.2 Å². The average Bonchev–Trinajstić information content (AvgIpc) is 2.59. The maximum Gasteiger partial charge on any atom is 0.255 e. The van der Waals surface area contributed by atoms with Crippen LogP contribution in [-0.4, -0.2) is 19.6 Å². The second-order valence-electron chi connectivity index (χ2n) is 5.45. The Morgan fingerprint density at radius 1 is 1.25 bits per heavy atom. The van der Waals surface area contributed by atoms with Crippen LogP contribution in [0.2, 0.25) is 5.02 Å². The molecule has 24 heavy (non-hydrogen) atoms. The predicted octanol–water partition coefficient (Wildman–Crippen LogP) is 4.84. The van der Waals surface area contributed by atoms with E-state index in [1.54, 1.807) is 31.4 Å². The van der Waals surface area contributed by atoms with Crippen molar-refractivity contribution >= 4 is 23.2 Å². The molecule has 5 heteroatoms. The van der Waals surface area contributed by atoms with Gasteiger partial charge in [-0.05, 0) is 49.2 Å². The molecule has 2 rings (SSSR count). The summed E-state index contributed by atoms with van der Waals surface area (Å²) in [5.74, 6) is 0.515. The molecule has 0 saturated carbocycles. The molecular formula is C19H22ClNO3. The fraction of sp³-hybridized carbons (Fsp3) is 0.316. The van der Waals surface area contributed by atoms with Gasteiger partial charge in [0, 0.05) is 28.4 Å². The van der Waals surface area contributed by atoms with E-state index in [1.807, 2.05) is 19.1 Å². The molecule has 128 valence electrons. The summed E-state index contributed by atoms with van der Waals surface area (Å²) in [4.78, 5) is 12.5. The van der Waals surface area contributed by atoms with Gasteiger partial charge in [0.15, 0.2) is 0 Å². The Hall–Kier alpha value is -2.04. The van der Waals surface area contributed by atoms with Gasteiger partial charge >= 0.3 is 0 Å². The topological polar surface area (TPSA) is 47.6 Å². The second-order valence-corrected chi connectivity index (χ2v) is 5.85. The minimum atomic E-state index is -0.195. The zero-order chi connectivity index (χ0) is 17.5. The van der Waals surface area contributed by atoms with E-state index in [-0.39, 0.29) is 5.91 Å². The molecule has 0 spiro atoms. The summed E-state index contributed by atoms with van der Waals surface area (Å²) < 4.78 is 10.9. The van der Waals surface area contributed by atoms with Crippen molar-refractivity contribution in [3.05, 3.63) is 58.1 Å². The van der Waals surface area contributed by atoms with Crippen molar-refractivity contribution in [1.29, 1.82) is 0 Å². The van der Waals surface area contributed by atoms with E-state index < -0.39 is 0 Å². The van der Waals surface area contributed by atoms with Crippen LogP contribution in [0.15, 0.2) is 36.4 Å². The molecule has 4 nitrogen and oxygen atoms in total. The maximum atomic E-state index is 12.5. The van der Waals surface area contributed by atoms with E-state index in [1.165, 1.54) is 0 Å². The average molecular weight is 348 g/mol. The Kier molecular flexibility index (Phi) is 6.64. The van der Waals surface area contributed by atoms with Crippen LogP contribution in [0, 0.1) is 6.92 Å². The summed E-state index contributed by atoms with van der Waals surface area (Å²) in [6, 6.07) is 10.7.